The first-order valence-corrected chi connectivity index (χ1v) is 7.91. The molecule has 1 aromatic rings. The van der Waals surface area contributed by atoms with Gasteiger partial charge in [0.05, 0.1) is 11.6 Å². The zero-order valence-corrected chi connectivity index (χ0v) is 14.1. The van der Waals surface area contributed by atoms with Crippen molar-refractivity contribution in [2.24, 2.45) is 5.92 Å². The molecule has 0 fully saturated rings. The van der Waals surface area contributed by atoms with Gasteiger partial charge in [-0.15, -0.1) is 0 Å². The van der Waals surface area contributed by atoms with E-state index in [2.05, 4.69) is 0 Å². The van der Waals surface area contributed by atoms with E-state index in [0.717, 1.165) is 11.4 Å². The number of nitrogens with zero attached hydrogens (tertiary/aromatic N) is 2. The molecule has 1 aromatic carbocycles. The first kappa shape index (κ1) is 17.1. The van der Waals surface area contributed by atoms with E-state index < -0.39 is 11.9 Å². The van der Waals surface area contributed by atoms with Crippen molar-refractivity contribution in [2.75, 3.05) is 29.5 Å². The van der Waals surface area contributed by atoms with Crippen molar-refractivity contribution in [1.82, 2.24) is 0 Å². The van der Waals surface area contributed by atoms with Crippen LogP contribution in [0.25, 0.3) is 0 Å². The van der Waals surface area contributed by atoms with E-state index in [0.29, 0.717) is 18.8 Å². The maximum atomic E-state index is 12.0. The maximum Gasteiger partial charge on any atom is 0.308 e. The predicted molar refractivity (Wildman–Crippen MR) is 89.2 cm³/mol. The molecule has 2 rings (SSSR count). The third kappa shape index (κ3) is 3.57. The van der Waals surface area contributed by atoms with Crippen molar-refractivity contribution < 1.29 is 19.4 Å². The summed E-state index contributed by atoms with van der Waals surface area (Å²) in [5.41, 5.74) is 1.64. The molecule has 1 aliphatic rings. The van der Waals surface area contributed by atoms with E-state index in [9.17, 15) is 9.59 Å². The number of fused-ring (bicyclic) bond motifs is 1. The fourth-order valence-corrected chi connectivity index (χ4v) is 2.70. The molecule has 0 bridgehead atoms. The topological polar surface area (TPSA) is 70.1 Å². The van der Waals surface area contributed by atoms with Crippen LogP contribution in [0.2, 0.25) is 0 Å². The number of ether oxygens (including phenoxy) is 1. The zero-order valence-electron chi connectivity index (χ0n) is 14.1. The number of carboxylic acid groups (broad SMARTS) is 1. The molecule has 1 unspecified atom stereocenters. The summed E-state index contributed by atoms with van der Waals surface area (Å²) in [4.78, 5) is 26.9. The van der Waals surface area contributed by atoms with Crippen LogP contribution in [0.3, 0.4) is 0 Å². The minimum absolute atomic E-state index is 0.0597. The van der Waals surface area contributed by atoms with Gasteiger partial charge in [-0.3, -0.25) is 9.59 Å². The molecule has 0 aliphatic carbocycles. The molecular formula is C17H24N2O4. The van der Waals surface area contributed by atoms with Crippen molar-refractivity contribution in [1.29, 1.82) is 0 Å². The number of hydrogen-bond acceptors (Lipinski definition) is 4. The van der Waals surface area contributed by atoms with Crippen LogP contribution in [0.1, 0.15) is 27.7 Å². The summed E-state index contributed by atoms with van der Waals surface area (Å²) in [7, 11) is 0. The van der Waals surface area contributed by atoms with Gasteiger partial charge < -0.3 is 19.6 Å². The van der Waals surface area contributed by atoms with Crippen LogP contribution in [-0.4, -0.2) is 42.7 Å². The van der Waals surface area contributed by atoms with Gasteiger partial charge in [0.2, 0.25) is 0 Å². The number of aliphatic carboxylic acids is 1. The number of carbonyl (C=O) groups excluding carboxylic acids is 1. The monoisotopic (exact) mass is 320 g/mol. The summed E-state index contributed by atoms with van der Waals surface area (Å²) in [5, 5.41) is 9.17. The molecule has 0 saturated carbocycles. The average Bonchev–Trinajstić information content (AvgIpc) is 2.51. The van der Waals surface area contributed by atoms with Gasteiger partial charge >= 0.3 is 5.97 Å². The predicted octanol–water partition coefficient (Wildman–Crippen LogP) is 2.37. The number of carbonyl (C=O) groups is 2. The second kappa shape index (κ2) is 6.89. The Morgan fingerprint density at radius 2 is 2.09 bits per heavy atom. The highest BCUT2D eigenvalue weighted by Gasteiger charge is 2.26. The Hall–Kier alpha value is -2.24. The number of hydrogen-bond donors (Lipinski definition) is 1. The second-order valence-corrected chi connectivity index (χ2v) is 6.06. The summed E-state index contributed by atoms with van der Waals surface area (Å²) >= 11 is 0. The van der Waals surface area contributed by atoms with E-state index in [1.165, 1.54) is 0 Å². The summed E-state index contributed by atoms with van der Waals surface area (Å²) in [5.74, 6) is -0.673. The van der Waals surface area contributed by atoms with Crippen molar-refractivity contribution in [3.63, 3.8) is 0 Å². The Kier molecular flexibility index (Phi) is 5.13. The number of benzene rings is 1. The molecule has 0 saturated heterocycles. The lowest BCUT2D eigenvalue weighted by Gasteiger charge is -2.33. The molecule has 1 amide bonds. The summed E-state index contributed by atoms with van der Waals surface area (Å²) < 4.78 is 5.48. The quantitative estimate of drug-likeness (QED) is 0.871. The second-order valence-electron chi connectivity index (χ2n) is 6.06. The minimum atomic E-state index is -0.817. The number of rotatable bonds is 6. The van der Waals surface area contributed by atoms with E-state index in [-0.39, 0.29) is 18.6 Å². The van der Waals surface area contributed by atoms with Gasteiger partial charge in [0.1, 0.15) is 5.75 Å². The lowest BCUT2D eigenvalue weighted by molar-refractivity contribution is -0.140. The third-order valence-electron chi connectivity index (χ3n) is 4.05. The third-order valence-corrected chi connectivity index (χ3v) is 4.05. The van der Waals surface area contributed by atoms with Gasteiger partial charge in [0, 0.05) is 24.8 Å². The van der Waals surface area contributed by atoms with Crippen LogP contribution in [0.5, 0.6) is 5.75 Å². The van der Waals surface area contributed by atoms with Gasteiger partial charge in [0.15, 0.2) is 6.61 Å². The van der Waals surface area contributed by atoms with Gasteiger partial charge in [-0.05, 0) is 39.0 Å². The fourth-order valence-electron chi connectivity index (χ4n) is 2.70. The van der Waals surface area contributed by atoms with E-state index in [4.69, 9.17) is 9.84 Å². The van der Waals surface area contributed by atoms with E-state index in [1.807, 2.05) is 43.9 Å². The highest BCUT2D eigenvalue weighted by molar-refractivity contribution is 5.98. The molecule has 1 heterocycles. The molecule has 0 radical (unpaired) electrons. The molecule has 23 heavy (non-hydrogen) atoms. The average molecular weight is 320 g/mol. The van der Waals surface area contributed by atoms with Gasteiger partial charge in [-0.25, -0.2) is 0 Å². The van der Waals surface area contributed by atoms with Crippen molar-refractivity contribution >= 4 is 23.3 Å². The van der Waals surface area contributed by atoms with Gasteiger partial charge in [-0.2, -0.15) is 0 Å². The lowest BCUT2D eigenvalue weighted by atomic mass is 10.1. The highest BCUT2D eigenvalue weighted by atomic mass is 16.5. The number of amides is 1. The highest BCUT2D eigenvalue weighted by Crippen LogP contribution is 2.36. The van der Waals surface area contributed by atoms with Crippen molar-refractivity contribution in [3.8, 4) is 5.75 Å². The van der Waals surface area contributed by atoms with Crippen LogP contribution in [0.4, 0.5) is 11.4 Å². The van der Waals surface area contributed by atoms with Gasteiger partial charge in [-0.1, -0.05) is 6.92 Å². The minimum Gasteiger partial charge on any atom is -0.482 e. The first-order valence-electron chi connectivity index (χ1n) is 7.91. The standard InChI is InChI=1S/C17H24N2O4/c1-5-18-14-8-13(6-7-15(14)23-10-16(18)20)19(11(2)3)9-12(4)17(21)22/h6-8,11-12H,5,9-10H2,1-4H3,(H,21,22). The first-order chi connectivity index (χ1) is 10.8. The van der Waals surface area contributed by atoms with E-state index in [1.54, 1.807) is 11.8 Å². The molecule has 1 N–H and O–H groups in total. The Morgan fingerprint density at radius 3 is 2.65 bits per heavy atom. The Bertz CT molecular complexity index is 600. The molecule has 126 valence electrons. The summed E-state index contributed by atoms with van der Waals surface area (Å²) in [6.07, 6.45) is 0. The molecule has 0 spiro atoms. The SMILES string of the molecule is CCN1C(=O)COc2ccc(N(CC(C)C(=O)O)C(C)C)cc21. The number of carboxylic acids is 1. The fraction of sp³-hybridized carbons (Fsp3) is 0.529. The zero-order chi connectivity index (χ0) is 17.1. The molecule has 1 aliphatic heterocycles. The number of likely N-dealkylation sites (N-methyl/N-ethyl adjacent to an activating group) is 1. The summed E-state index contributed by atoms with van der Waals surface area (Å²) in [6.45, 7) is 8.71. The van der Waals surface area contributed by atoms with Crippen LogP contribution in [0.15, 0.2) is 18.2 Å². The molecule has 6 nitrogen and oxygen atoms in total. The molecule has 6 heteroatoms. The van der Waals surface area contributed by atoms with Crippen molar-refractivity contribution in [3.05, 3.63) is 18.2 Å². The van der Waals surface area contributed by atoms with E-state index >= 15 is 0 Å². The van der Waals surface area contributed by atoms with Crippen LogP contribution < -0.4 is 14.5 Å². The smallest absolute Gasteiger partial charge is 0.308 e. The maximum absolute atomic E-state index is 12.0. The van der Waals surface area contributed by atoms with Crippen molar-refractivity contribution in [2.45, 2.75) is 33.7 Å². The van der Waals surface area contributed by atoms with Crippen LogP contribution in [0, 0.1) is 5.92 Å². The largest absolute Gasteiger partial charge is 0.482 e. The van der Waals surface area contributed by atoms with Crippen LogP contribution >= 0.6 is 0 Å². The van der Waals surface area contributed by atoms with Crippen LogP contribution in [-0.2, 0) is 9.59 Å². The summed E-state index contributed by atoms with van der Waals surface area (Å²) in [6, 6.07) is 5.81. The normalized spacial score (nSPS) is 15.2. The molecule has 1 atom stereocenters. The Labute approximate surface area is 136 Å². The van der Waals surface area contributed by atoms with Gasteiger partial charge in [0.25, 0.3) is 5.91 Å². The number of anilines is 2. The Balaban J connectivity index is 2.36. The molecule has 0 aromatic heterocycles. The lowest BCUT2D eigenvalue weighted by Crippen LogP contribution is -2.39. The molecular weight excluding hydrogens is 296 g/mol. The Morgan fingerprint density at radius 1 is 1.39 bits per heavy atom.